The van der Waals surface area contributed by atoms with Crippen LogP contribution in [0.2, 0.25) is 0 Å². The van der Waals surface area contributed by atoms with Crippen LogP contribution in [0.25, 0.3) is 5.69 Å². The fourth-order valence-corrected chi connectivity index (χ4v) is 4.35. The van der Waals surface area contributed by atoms with Crippen molar-refractivity contribution in [1.29, 1.82) is 0 Å². The third kappa shape index (κ3) is 3.93. The molecule has 1 aromatic heterocycles. The summed E-state index contributed by atoms with van der Waals surface area (Å²) in [4.78, 5) is 39.5. The number of fused-ring (bicyclic) bond motifs is 1. The number of aliphatic hydroxyl groups excluding tert-OH is 1. The molecule has 0 saturated carbocycles. The Balaban J connectivity index is 1.51. The van der Waals surface area contributed by atoms with Crippen LogP contribution < -0.4 is 10.6 Å². The number of amides is 3. The van der Waals surface area contributed by atoms with E-state index >= 15 is 0 Å². The molecule has 3 N–H and O–H groups in total. The maximum Gasteiger partial charge on any atom is 0.255 e. The zero-order chi connectivity index (χ0) is 22.1. The predicted molar refractivity (Wildman–Crippen MR) is 113 cm³/mol. The van der Waals surface area contributed by atoms with Gasteiger partial charge in [0.15, 0.2) is 0 Å². The van der Waals surface area contributed by atoms with E-state index in [-0.39, 0.29) is 30.3 Å². The lowest BCUT2D eigenvalue weighted by molar-refractivity contribution is -0.149. The fourth-order valence-electron chi connectivity index (χ4n) is 4.35. The third-order valence-electron chi connectivity index (χ3n) is 5.87. The highest BCUT2D eigenvalue weighted by Crippen LogP contribution is 2.24. The van der Waals surface area contributed by atoms with Crippen LogP contribution >= 0.6 is 0 Å². The largest absolute Gasteiger partial charge is 0.391 e. The summed E-state index contributed by atoms with van der Waals surface area (Å²) in [6.45, 7) is 3.75. The van der Waals surface area contributed by atoms with Crippen molar-refractivity contribution < 1.29 is 19.5 Å². The second-order valence-corrected chi connectivity index (χ2v) is 8.14. The molecule has 9 nitrogen and oxygen atoms in total. The van der Waals surface area contributed by atoms with Gasteiger partial charge in [0.1, 0.15) is 12.1 Å². The molecule has 4 rings (SSSR count). The molecule has 1 aromatic carbocycles. The van der Waals surface area contributed by atoms with Crippen molar-refractivity contribution >= 4 is 17.7 Å². The second-order valence-electron chi connectivity index (χ2n) is 8.14. The maximum absolute atomic E-state index is 13.1. The van der Waals surface area contributed by atoms with Gasteiger partial charge in [0.25, 0.3) is 5.91 Å². The third-order valence-corrected chi connectivity index (χ3v) is 5.87. The summed E-state index contributed by atoms with van der Waals surface area (Å²) in [5.41, 5.74) is 2.20. The van der Waals surface area contributed by atoms with Gasteiger partial charge < -0.3 is 20.6 Å². The van der Waals surface area contributed by atoms with E-state index in [1.165, 1.54) is 11.8 Å². The Hall–Kier alpha value is -3.20. The molecule has 0 unspecified atom stereocenters. The highest BCUT2D eigenvalue weighted by Gasteiger charge is 2.48. The summed E-state index contributed by atoms with van der Waals surface area (Å²) in [5.74, 6) is -0.888. The molecule has 2 aliphatic rings. The Morgan fingerprint density at radius 1 is 1.32 bits per heavy atom. The van der Waals surface area contributed by atoms with Gasteiger partial charge in [-0.1, -0.05) is 31.5 Å². The monoisotopic (exact) mass is 425 g/mol. The number of carbonyl (C=O) groups excluding carboxylic acids is 3. The average Bonchev–Trinajstić information content (AvgIpc) is 3.36. The molecular weight excluding hydrogens is 398 g/mol. The Labute approximate surface area is 180 Å². The van der Waals surface area contributed by atoms with E-state index in [9.17, 15) is 19.5 Å². The second kappa shape index (κ2) is 8.50. The molecule has 2 saturated heterocycles. The first-order chi connectivity index (χ1) is 14.9. The number of carbonyl (C=O) groups is 3. The lowest BCUT2D eigenvalue weighted by atomic mass is 10.0. The highest BCUT2D eigenvalue weighted by atomic mass is 16.3. The molecule has 2 fully saturated rings. The summed E-state index contributed by atoms with van der Waals surface area (Å²) < 4.78 is 1.78. The topological polar surface area (TPSA) is 117 Å². The Bertz CT molecular complexity index is 987. The summed E-state index contributed by atoms with van der Waals surface area (Å²) in [6, 6.07) is 7.71. The number of piperazine rings is 1. The standard InChI is InChI=1S/C22H27N5O4/c1-3-7-17-16(11-23-27(17)15-8-5-4-6-9-15)20(29)24-14-10-18-21(30)25-19(13(2)28)22(31)26(18)12-14/h4-6,8-9,11,13-14,18-19,28H,3,7,10,12H2,1-2H3,(H,24,29)(H,25,30)/t13-,14-,18-,19+/m0/s1. The highest BCUT2D eigenvalue weighted by molar-refractivity contribution is 5.99. The number of hydrogen-bond donors (Lipinski definition) is 3. The molecule has 31 heavy (non-hydrogen) atoms. The first-order valence-electron chi connectivity index (χ1n) is 10.6. The van der Waals surface area contributed by atoms with Crippen LogP contribution in [0.4, 0.5) is 0 Å². The minimum atomic E-state index is -0.980. The van der Waals surface area contributed by atoms with E-state index in [4.69, 9.17) is 0 Å². The molecule has 0 bridgehead atoms. The van der Waals surface area contributed by atoms with E-state index in [1.807, 2.05) is 37.3 Å². The van der Waals surface area contributed by atoms with E-state index in [1.54, 1.807) is 10.9 Å². The van der Waals surface area contributed by atoms with Gasteiger partial charge in [-0.15, -0.1) is 0 Å². The van der Waals surface area contributed by atoms with Crippen molar-refractivity contribution in [2.24, 2.45) is 0 Å². The van der Waals surface area contributed by atoms with E-state index in [2.05, 4.69) is 15.7 Å². The Morgan fingerprint density at radius 2 is 2.06 bits per heavy atom. The van der Waals surface area contributed by atoms with Crippen molar-refractivity contribution in [2.45, 2.75) is 57.3 Å². The van der Waals surface area contributed by atoms with E-state index in [0.717, 1.165) is 17.8 Å². The molecule has 3 heterocycles. The molecule has 0 radical (unpaired) electrons. The van der Waals surface area contributed by atoms with Crippen molar-refractivity contribution in [3.63, 3.8) is 0 Å². The van der Waals surface area contributed by atoms with Gasteiger partial charge in [0, 0.05) is 12.6 Å². The van der Waals surface area contributed by atoms with Gasteiger partial charge in [-0.3, -0.25) is 14.4 Å². The first-order valence-corrected chi connectivity index (χ1v) is 10.6. The maximum atomic E-state index is 13.1. The molecule has 9 heteroatoms. The van der Waals surface area contributed by atoms with Crippen molar-refractivity contribution in [1.82, 2.24) is 25.3 Å². The number of aromatic nitrogens is 2. The molecule has 4 atom stereocenters. The minimum Gasteiger partial charge on any atom is -0.391 e. The number of nitrogens with zero attached hydrogens (tertiary/aromatic N) is 3. The van der Waals surface area contributed by atoms with Crippen LogP contribution in [0, 0.1) is 0 Å². The number of para-hydroxylation sites is 1. The number of nitrogens with one attached hydrogen (secondary N) is 2. The van der Waals surface area contributed by atoms with Crippen LogP contribution in [0.5, 0.6) is 0 Å². The van der Waals surface area contributed by atoms with Crippen molar-refractivity contribution in [2.75, 3.05) is 6.54 Å². The Morgan fingerprint density at radius 3 is 2.74 bits per heavy atom. The molecule has 0 aliphatic carbocycles. The lowest BCUT2D eigenvalue weighted by Gasteiger charge is -2.35. The van der Waals surface area contributed by atoms with Gasteiger partial charge in [-0.05, 0) is 31.9 Å². The molecule has 2 aromatic rings. The van der Waals surface area contributed by atoms with Crippen LogP contribution in [-0.4, -0.2) is 68.3 Å². The predicted octanol–water partition coefficient (Wildman–Crippen LogP) is 0.403. The van der Waals surface area contributed by atoms with Gasteiger partial charge in [-0.25, -0.2) is 4.68 Å². The minimum absolute atomic E-state index is 0.238. The number of hydrogen-bond acceptors (Lipinski definition) is 5. The summed E-state index contributed by atoms with van der Waals surface area (Å²) >= 11 is 0. The van der Waals surface area contributed by atoms with Crippen LogP contribution in [-0.2, 0) is 16.0 Å². The van der Waals surface area contributed by atoms with Gasteiger partial charge >= 0.3 is 0 Å². The van der Waals surface area contributed by atoms with Crippen LogP contribution in [0.15, 0.2) is 36.5 Å². The lowest BCUT2D eigenvalue weighted by Crippen LogP contribution is -2.64. The van der Waals surface area contributed by atoms with Gasteiger partial charge in [-0.2, -0.15) is 5.10 Å². The SMILES string of the molecule is CCCc1c(C(=O)N[C@H]2C[C@H]3C(=O)N[C@H]([C@H](C)O)C(=O)N3C2)cnn1-c1ccccc1. The molecular formula is C22H27N5O4. The van der Waals surface area contributed by atoms with Crippen molar-refractivity contribution in [3.8, 4) is 5.69 Å². The molecule has 2 aliphatic heterocycles. The normalized spacial score (nSPS) is 24.0. The van der Waals surface area contributed by atoms with Gasteiger partial charge in [0.2, 0.25) is 11.8 Å². The first kappa shape index (κ1) is 21.0. The zero-order valence-electron chi connectivity index (χ0n) is 17.6. The fraction of sp³-hybridized carbons (Fsp3) is 0.455. The molecule has 3 amide bonds. The average molecular weight is 425 g/mol. The van der Waals surface area contributed by atoms with Crippen LogP contribution in [0.3, 0.4) is 0 Å². The zero-order valence-corrected chi connectivity index (χ0v) is 17.6. The smallest absolute Gasteiger partial charge is 0.255 e. The molecule has 164 valence electrons. The summed E-state index contributed by atoms with van der Waals surface area (Å²) in [6.07, 6.45) is 2.47. The van der Waals surface area contributed by atoms with E-state index in [0.29, 0.717) is 18.4 Å². The summed E-state index contributed by atoms with van der Waals surface area (Å²) in [7, 11) is 0. The van der Waals surface area contributed by atoms with Crippen molar-refractivity contribution in [3.05, 3.63) is 47.8 Å². The number of aliphatic hydroxyl groups is 1. The number of benzene rings is 1. The Kier molecular flexibility index (Phi) is 5.77. The summed E-state index contributed by atoms with van der Waals surface area (Å²) in [5, 5.41) is 19.8. The molecule has 0 spiro atoms. The van der Waals surface area contributed by atoms with E-state index < -0.39 is 18.2 Å². The van der Waals surface area contributed by atoms with Crippen LogP contribution in [0.1, 0.15) is 42.7 Å². The quantitative estimate of drug-likeness (QED) is 0.620. The number of rotatable bonds is 6. The van der Waals surface area contributed by atoms with Gasteiger partial charge in [0.05, 0.1) is 29.2 Å².